The van der Waals surface area contributed by atoms with Gasteiger partial charge in [-0.2, -0.15) is 0 Å². The molecule has 0 aliphatic rings. The summed E-state index contributed by atoms with van der Waals surface area (Å²) < 4.78 is 20.4. The van der Waals surface area contributed by atoms with Gasteiger partial charge in [-0.05, 0) is 30.4 Å². The Hall–Kier alpha value is -4.98. The minimum Gasteiger partial charge on any atom is -0.458 e. The highest BCUT2D eigenvalue weighted by molar-refractivity contribution is 5.91. The van der Waals surface area contributed by atoms with Gasteiger partial charge in [-0.1, -0.05) is 95.6 Å². The Morgan fingerprint density at radius 2 is 1.05 bits per heavy atom. The summed E-state index contributed by atoms with van der Waals surface area (Å²) >= 11 is 0. The fourth-order valence-corrected chi connectivity index (χ4v) is 3.97. The Balaban J connectivity index is 0.000000557. The molecule has 0 radical (unpaired) electrons. The zero-order chi connectivity index (χ0) is 32.2. The first kappa shape index (κ1) is 36.0. The molecule has 228 valence electrons. The number of hydrogen-bond donors (Lipinski definition) is 0. The van der Waals surface area contributed by atoms with E-state index in [1.54, 1.807) is 0 Å². The van der Waals surface area contributed by atoms with E-state index >= 15 is 0 Å². The van der Waals surface area contributed by atoms with Gasteiger partial charge in [0, 0.05) is 41.3 Å². The Bertz CT molecular complexity index is 1240. The molecule has 8 nitrogen and oxygen atoms in total. The monoisotopic (exact) mass is 588 g/mol. The molecule has 43 heavy (non-hydrogen) atoms. The van der Waals surface area contributed by atoms with Crippen molar-refractivity contribution in [2.75, 3.05) is 13.2 Å². The standard InChI is InChI=1S/C25H28O4.C10H12O4/c1-6-17-13-11-15-20(24(17)28-22(26)9-4)19(8-3)21-16-12-14-18(7-2)25(21)29-23(27)10-5;1-3-7-13-9(11)5-6-10(12)14-8-4-2/h9-16,19H,4-8H2,1-3H3;3-6H,1-2,7-8H2/b;6-5+. The summed E-state index contributed by atoms with van der Waals surface area (Å²) in [7, 11) is 0. The lowest BCUT2D eigenvalue weighted by atomic mass is 9.85. The number of rotatable bonds is 15. The van der Waals surface area contributed by atoms with Crippen LogP contribution >= 0.6 is 0 Å². The first-order valence-electron chi connectivity index (χ1n) is 13.9. The molecule has 2 rings (SSSR count). The van der Waals surface area contributed by atoms with E-state index in [1.165, 1.54) is 12.2 Å². The number of para-hydroxylation sites is 2. The molecule has 0 spiro atoms. The van der Waals surface area contributed by atoms with Crippen molar-refractivity contribution in [3.8, 4) is 11.5 Å². The van der Waals surface area contributed by atoms with E-state index in [1.807, 2.05) is 50.2 Å². The van der Waals surface area contributed by atoms with Crippen molar-refractivity contribution in [3.63, 3.8) is 0 Å². The van der Waals surface area contributed by atoms with Crippen molar-refractivity contribution < 1.29 is 38.1 Å². The highest BCUT2D eigenvalue weighted by atomic mass is 16.5. The molecule has 2 aromatic carbocycles. The number of ether oxygens (including phenoxy) is 4. The maximum Gasteiger partial charge on any atom is 0.335 e. The molecule has 0 bridgehead atoms. The van der Waals surface area contributed by atoms with Crippen molar-refractivity contribution in [3.05, 3.63) is 121 Å². The van der Waals surface area contributed by atoms with E-state index in [2.05, 4.69) is 42.7 Å². The highest BCUT2D eigenvalue weighted by Gasteiger charge is 2.25. The molecule has 0 atom stereocenters. The average molecular weight is 589 g/mol. The zero-order valence-corrected chi connectivity index (χ0v) is 25.1. The first-order chi connectivity index (χ1) is 20.7. The number of esters is 4. The minimum absolute atomic E-state index is 0.116. The van der Waals surface area contributed by atoms with Crippen LogP contribution in [0.2, 0.25) is 0 Å². The summed E-state index contributed by atoms with van der Waals surface area (Å²) in [6, 6.07) is 11.7. The molecular formula is C35H40O8. The van der Waals surface area contributed by atoms with Crippen LogP contribution in [0, 0.1) is 0 Å². The van der Waals surface area contributed by atoms with Gasteiger partial charge in [-0.15, -0.1) is 0 Å². The first-order valence-corrected chi connectivity index (χ1v) is 13.9. The van der Waals surface area contributed by atoms with Gasteiger partial charge in [-0.3, -0.25) is 0 Å². The second-order valence-corrected chi connectivity index (χ2v) is 8.76. The van der Waals surface area contributed by atoms with Crippen LogP contribution in [0.5, 0.6) is 11.5 Å². The van der Waals surface area contributed by atoms with E-state index < -0.39 is 23.9 Å². The normalized spacial score (nSPS) is 10.1. The Morgan fingerprint density at radius 1 is 0.651 bits per heavy atom. The molecule has 0 aliphatic carbocycles. The number of benzene rings is 2. The summed E-state index contributed by atoms with van der Waals surface area (Å²) in [4.78, 5) is 45.6. The Kier molecular flexibility index (Phi) is 16.8. The largest absolute Gasteiger partial charge is 0.458 e. The summed E-state index contributed by atoms with van der Waals surface area (Å²) in [5.74, 6) is -1.23. The summed E-state index contributed by atoms with van der Waals surface area (Å²) in [6.07, 6.45) is 9.35. The van der Waals surface area contributed by atoms with E-state index in [4.69, 9.17) is 9.47 Å². The molecule has 8 heteroatoms. The van der Waals surface area contributed by atoms with Crippen LogP contribution in [0.15, 0.2) is 99.2 Å². The van der Waals surface area contributed by atoms with Crippen molar-refractivity contribution in [1.82, 2.24) is 0 Å². The number of aryl methyl sites for hydroxylation is 2. The van der Waals surface area contributed by atoms with Crippen molar-refractivity contribution in [2.45, 2.75) is 46.0 Å². The molecule has 0 heterocycles. The predicted molar refractivity (Wildman–Crippen MR) is 167 cm³/mol. The average Bonchev–Trinajstić information content (AvgIpc) is 3.03. The van der Waals surface area contributed by atoms with Crippen molar-refractivity contribution in [1.29, 1.82) is 0 Å². The van der Waals surface area contributed by atoms with Crippen LogP contribution in [-0.2, 0) is 41.5 Å². The summed E-state index contributed by atoms with van der Waals surface area (Å²) in [5, 5.41) is 0. The lowest BCUT2D eigenvalue weighted by Crippen LogP contribution is -2.13. The second kappa shape index (κ2) is 20.0. The molecule has 0 unspecified atom stereocenters. The molecule has 0 aromatic heterocycles. The van der Waals surface area contributed by atoms with E-state index in [9.17, 15) is 19.2 Å². The Labute approximate surface area is 254 Å². The van der Waals surface area contributed by atoms with Crippen LogP contribution in [0.4, 0.5) is 0 Å². The van der Waals surface area contributed by atoms with Gasteiger partial charge in [-0.25, -0.2) is 19.2 Å². The number of carbonyl (C=O) groups excluding carboxylic acids is 4. The van der Waals surface area contributed by atoms with Gasteiger partial charge in [0.05, 0.1) is 0 Å². The minimum atomic E-state index is -0.611. The third kappa shape index (κ3) is 11.8. The maximum atomic E-state index is 12.0. The van der Waals surface area contributed by atoms with Crippen LogP contribution in [0.3, 0.4) is 0 Å². The van der Waals surface area contributed by atoms with Crippen LogP contribution in [0.25, 0.3) is 0 Å². The maximum absolute atomic E-state index is 12.0. The highest BCUT2D eigenvalue weighted by Crippen LogP contribution is 2.41. The van der Waals surface area contributed by atoms with E-state index in [0.29, 0.717) is 11.5 Å². The summed E-state index contributed by atoms with van der Waals surface area (Å²) in [5.41, 5.74) is 3.64. The lowest BCUT2D eigenvalue weighted by molar-refractivity contribution is -0.139. The molecule has 0 N–H and O–H groups in total. The molecule has 0 saturated carbocycles. The van der Waals surface area contributed by atoms with Gasteiger partial charge < -0.3 is 18.9 Å². The van der Waals surface area contributed by atoms with E-state index in [-0.39, 0.29) is 19.1 Å². The molecule has 0 aliphatic heterocycles. The fourth-order valence-electron chi connectivity index (χ4n) is 3.97. The predicted octanol–water partition coefficient (Wildman–Crippen LogP) is 6.54. The van der Waals surface area contributed by atoms with Gasteiger partial charge in [0.15, 0.2) is 0 Å². The lowest BCUT2D eigenvalue weighted by Gasteiger charge is -2.24. The van der Waals surface area contributed by atoms with Gasteiger partial charge in [0.1, 0.15) is 24.7 Å². The number of hydrogen-bond acceptors (Lipinski definition) is 8. The van der Waals surface area contributed by atoms with Gasteiger partial charge >= 0.3 is 23.9 Å². The molecule has 0 amide bonds. The third-order valence-corrected chi connectivity index (χ3v) is 5.96. The third-order valence-electron chi connectivity index (χ3n) is 5.96. The van der Waals surface area contributed by atoms with Crippen LogP contribution < -0.4 is 9.47 Å². The SMILES string of the molecule is C=CC(=O)Oc1c(CC)cccc1C(CC)c1cccc(CC)c1OC(=O)C=C.C=CCOC(=O)/C=C/C(=O)OCC=C. The zero-order valence-electron chi connectivity index (χ0n) is 25.1. The molecule has 0 saturated heterocycles. The van der Waals surface area contributed by atoms with Gasteiger partial charge in [0.25, 0.3) is 0 Å². The van der Waals surface area contributed by atoms with E-state index in [0.717, 1.165) is 65.8 Å². The Morgan fingerprint density at radius 3 is 1.35 bits per heavy atom. The van der Waals surface area contributed by atoms with Crippen LogP contribution in [0.1, 0.15) is 55.4 Å². The van der Waals surface area contributed by atoms with Crippen molar-refractivity contribution in [2.24, 2.45) is 0 Å². The molecule has 2 aromatic rings. The number of carbonyl (C=O) groups is 4. The second-order valence-electron chi connectivity index (χ2n) is 8.76. The van der Waals surface area contributed by atoms with Gasteiger partial charge in [0.2, 0.25) is 0 Å². The molecule has 0 fully saturated rings. The smallest absolute Gasteiger partial charge is 0.335 e. The quantitative estimate of drug-likeness (QED) is 0.100. The summed E-state index contributed by atoms with van der Waals surface area (Å²) in [6.45, 7) is 20.0. The fraction of sp³-hybridized carbons (Fsp3) is 0.257. The van der Waals surface area contributed by atoms with Crippen LogP contribution in [-0.4, -0.2) is 37.1 Å². The topological polar surface area (TPSA) is 105 Å². The van der Waals surface area contributed by atoms with Crippen molar-refractivity contribution >= 4 is 23.9 Å². The molecular weight excluding hydrogens is 548 g/mol.